The fraction of sp³-hybridized carbons (Fsp3) is 0.153. The van der Waals surface area contributed by atoms with E-state index in [1.54, 1.807) is 0 Å². The van der Waals surface area contributed by atoms with Gasteiger partial charge in [0.25, 0.3) is 0 Å². The highest BCUT2D eigenvalue weighted by atomic mass is 35.5. The van der Waals surface area contributed by atoms with Crippen LogP contribution in [-0.4, -0.2) is 19.0 Å². The van der Waals surface area contributed by atoms with Crippen molar-refractivity contribution in [3.8, 4) is 45.3 Å². The lowest BCUT2D eigenvalue weighted by atomic mass is 9.89. The normalized spacial score (nSPS) is 12.3. The van der Waals surface area contributed by atoms with E-state index in [9.17, 15) is 4.79 Å². The molecule has 0 bridgehead atoms. The zero-order valence-electron chi connectivity index (χ0n) is 44.9. The van der Waals surface area contributed by atoms with E-state index in [0.29, 0.717) is 57.3 Å². The van der Waals surface area contributed by atoms with Gasteiger partial charge < -0.3 is 29.6 Å². The molecule has 2 N–H and O–H groups in total. The molecule has 1 unspecified atom stereocenters. The topological polar surface area (TPSA) is 78.1 Å². The molecule has 1 amide bonds. The minimum absolute atomic E-state index is 0. The molecule has 1 atom stereocenters. The van der Waals surface area contributed by atoms with Gasteiger partial charge in [-0.25, -0.2) is 0 Å². The van der Waals surface area contributed by atoms with Crippen LogP contribution in [-0.2, 0) is 56.9 Å². The predicted octanol–water partition coefficient (Wildman–Crippen LogP) is 15.8. The Morgan fingerprint density at radius 2 is 0.787 bits per heavy atom. The summed E-state index contributed by atoms with van der Waals surface area (Å²) in [6.45, 7) is 3.42. The predicted molar refractivity (Wildman–Crippen MR) is 326 cm³/mol. The summed E-state index contributed by atoms with van der Waals surface area (Å²) in [4.78, 5) is 12.6. The fourth-order valence-electron chi connectivity index (χ4n) is 9.68. The summed E-state index contributed by atoms with van der Waals surface area (Å²) < 4.78 is 25.0. The van der Waals surface area contributed by atoms with Gasteiger partial charge in [0.2, 0.25) is 5.91 Å². The van der Waals surface area contributed by atoms with E-state index in [-0.39, 0.29) is 24.4 Å². The molecule has 0 fully saturated rings. The summed E-state index contributed by atoms with van der Waals surface area (Å²) in [7, 11) is 0. The van der Waals surface area contributed by atoms with Crippen molar-refractivity contribution in [2.45, 2.75) is 58.2 Å². The van der Waals surface area contributed by atoms with Gasteiger partial charge in [0.1, 0.15) is 26.4 Å². The third-order valence-corrected chi connectivity index (χ3v) is 14.0. The average Bonchev–Trinajstić information content (AvgIpc) is 3.52. The molecule has 10 aromatic rings. The molecule has 0 saturated heterocycles. The molecule has 1 heterocycles. The summed E-state index contributed by atoms with van der Waals surface area (Å²) in [6.07, 6.45) is 2.94. The van der Waals surface area contributed by atoms with Gasteiger partial charge in [-0.05, 0) is 122 Å². The highest BCUT2D eigenvalue weighted by Gasteiger charge is 2.24. The summed E-state index contributed by atoms with van der Waals surface area (Å²) in [5, 5.41) is 6.81. The maximum Gasteiger partial charge on any atom is 0.224 e. The highest BCUT2D eigenvalue weighted by molar-refractivity contribution is 5.85. The number of carbonyl (C=O) groups excluding carboxylic acids is 1. The van der Waals surface area contributed by atoms with Gasteiger partial charge in [-0.15, -0.1) is 12.4 Å². The van der Waals surface area contributed by atoms with Gasteiger partial charge in [0.15, 0.2) is 23.0 Å². The van der Waals surface area contributed by atoms with Crippen molar-refractivity contribution in [1.29, 1.82) is 0 Å². The number of rotatable bonds is 21. The number of halogens is 1. The van der Waals surface area contributed by atoms with Gasteiger partial charge >= 0.3 is 0 Å². The lowest BCUT2D eigenvalue weighted by Crippen LogP contribution is -2.31. The number of ether oxygens (including phenoxy) is 4. The summed E-state index contributed by atoms with van der Waals surface area (Å²) in [5.74, 6) is 3.01. The van der Waals surface area contributed by atoms with E-state index in [0.717, 1.165) is 69.8 Å². The molecule has 0 aliphatic carbocycles. The molecule has 1 aliphatic rings. The van der Waals surface area contributed by atoms with Crippen LogP contribution in [0.2, 0.25) is 0 Å². The van der Waals surface area contributed by atoms with Crippen molar-refractivity contribution in [2.75, 3.05) is 13.1 Å². The molecule has 80 heavy (non-hydrogen) atoms. The monoisotopic (exact) mass is 1070 g/mol. The number of carbonyl (C=O) groups is 1. The molecule has 7 nitrogen and oxygen atoms in total. The number of nitrogens with one attached hydrogen (secondary N) is 2. The first kappa shape index (κ1) is 55.9. The second kappa shape index (κ2) is 29.2. The fourth-order valence-corrected chi connectivity index (χ4v) is 9.68. The maximum atomic E-state index is 12.6. The number of hydrogen-bond donors (Lipinski definition) is 2. The second-order valence-corrected chi connectivity index (χ2v) is 19.7. The molecule has 10 aromatic carbocycles. The first-order chi connectivity index (χ1) is 39.0. The van der Waals surface area contributed by atoms with Crippen LogP contribution in [0.25, 0.3) is 22.3 Å². The maximum absolute atomic E-state index is 12.6. The van der Waals surface area contributed by atoms with Gasteiger partial charge in [-0.3, -0.25) is 4.79 Å². The largest absolute Gasteiger partial charge is 0.485 e. The molecule has 8 heteroatoms. The van der Waals surface area contributed by atoms with Crippen LogP contribution in [0.15, 0.2) is 261 Å². The van der Waals surface area contributed by atoms with Gasteiger partial charge in [-0.2, -0.15) is 0 Å². The van der Waals surface area contributed by atoms with Gasteiger partial charge in [-0.1, -0.05) is 237 Å². The average molecular weight is 1080 g/mol. The number of benzene rings is 10. The first-order valence-corrected chi connectivity index (χ1v) is 27.3. The van der Waals surface area contributed by atoms with Crippen molar-refractivity contribution in [3.05, 3.63) is 311 Å². The number of fused-ring (bicyclic) bond motifs is 1. The second-order valence-electron chi connectivity index (χ2n) is 19.7. The minimum Gasteiger partial charge on any atom is -0.485 e. The van der Waals surface area contributed by atoms with E-state index in [4.69, 9.17) is 18.9 Å². The van der Waals surface area contributed by atoms with Gasteiger partial charge in [0.05, 0.1) is 6.42 Å². The van der Waals surface area contributed by atoms with Crippen LogP contribution in [0.5, 0.6) is 23.0 Å². The Balaban J connectivity index is 0.000000191. The Hall–Kier alpha value is -8.88. The third kappa shape index (κ3) is 16.3. The van der Waals surface area contributed by atoms with E-state index >= 15 is 0 Å². The van der Waals surface area contributed by atoms with E-state index < -0.39 is 0 Å². The van der Waals surface area contributed by atoms with Crippen LogP contribution in [0.4, 0.5) is 0 Å². The Morgan fingerprint density at radius 1 is 0.400 bits per heavy atom. The first-order valence-electron chi connectivity index (χ1n) is 27.3. The van der Waals surface area contributed by atoms with E-state index in [1.807, 2.05) is 146 Å². The standard InChI is InChI=1S/C36H33NO3.C36H33NO2.ClH/c38-36(25-28-16-19-33(20-17-28)32-14-8-3-9-15-32)37-23-22-29-18-21-34(39-26-30-10-4-1-5-11-30)35(24-29)40-27-31-12-6-2-7-13-31;1-4-10-28(11-5-1)25-38-35-23-32-20-21-37-34(33(32)24-36(35)39-26-29-12-6-2-7-13-29)22-27-16-18-31(19-17-27)30-14-8-3-9-15-30;/h1-21,24H,22-23,25-27H2,(H,37,38);1-19,23-24,34,37H,20-22,25-26H2;1H. The van der Waals surface area contributed by atoms with Crippen molar-refractivity contribution in [2.24, 2.45) is 0 Å². The number of amides is 1. The molecule has 0 aromatic heterocycles. The third-order valence-electron chi connectivity index (χ3n) is 14.0. The Morgan fingerprint density at radius 3 is 1.26 bits per heavy atom. The Kier molecular flexibility index (Phi) is 20.4. The molecule has 11 rings (SSSR count). The van der Waals surface area contributed by atoms with E-state index in [1.165, 1.54) is 33.4 Å². The minimum atomic E-state index is 0. The van der Waals surface area contributed by atoms with Crippen molar-refractivity contribution < 1.29 is 23.7 Å². The van der Waals surface area contributed by atoms with Crippen molar-refractivity contribution >= 4 is 18.3 Å². The molecule has 0 saturated carbocycles. The molecule has 0 radical (unpaired) electrons. The van der Waals surface area contributed by atoms with Gasteiger partial charge in [0, 0.05) is 12.6 Å². The zero-order valence-corrected chi connectivity index (χ0v) is 45.7. The van der Waals surface area contributed by atoms with Crippen molar-refractivity contribution in [1.82, 2.24) is 10.6 Å². The van der Waals surface area contributed by atoms with Crippen molar-refractivity contribution in [3.63, 3.8) is 0 Å². The van der Waals surface area contributed by atoms with E-state index in [2.05, 4.69) is 126 Å². The SMILES string of the molecule is Cl.O=C(Cc1ccc(-c2ccccc2)cc1)NCCc1ccc(OCc2ccccc2)c(OCc2ccccc2)c1.c1ccc(COc2cc3c(cc2OCc2ccccc2)C(Cc2ccc(-c4ccccc4)cc2)NCC3)cc1. The Bertz CT molecular complexity index is 3440. The van der Waals surface area contributed by atoms with Crippen LogP contribution >= 0.6 is 12.4 Å². The smallest absolute Gasteiger partial charge is 0.224 e. The van der Waals surface area contributed by atoms with Crippen LogP contribution in [0, 0.1) is 0 Å². The lowest BCUT2D eigenvalue weighted by molar-refractivity contribution is -0.120. The lowest BCUT2D eigenvalue weighted by Gasteiger charge is -2.29. The number of hydrogen-bond acceptors (Lipinski definition) is 6. The quantitative estimate of drug-likeness (QED) is 0.0747. The van der Waals surface area contributed by atoms with Crippen LogP contribution < -0.4 is 29.6 Å². The summed E-state index contributed by atoms with van der Waals surface area (Å²) in [6, 6.07) is 89.3. The summed E-state index contributed by atoms with van der Waals surface area (Å²) in [5.41, 5.74) is 15.3. The highest BCUT2D eigenvalue weighted by Crippen LogP contribution is 2.38. The Labute approximate surface area is 477 Å². The molecule has 402 valence electrons. The molecule has 1 aliphatic heterocycles. The van der Waals surface area contributed by atoms with Crippen LogP contribution in [0.3, 0.4) is 0 Å². The summed E-state index contributed by atoms with van der Waals surface area (Å²) >= 11 is 0. The molecular weight excluding hydrogens is 1010 g/mol. The zero-order chi connectivity index (χ0) is 53.7. The molecular formula is C72H67ClN2O5. The van der Waals surface area contributed by atoms with Crippen LogP contribution in [0.1, 0.15) is 56.1 Å². The molecule has 0 spiro atoms.